The molecule has 2 rings (SSSR count). The van der Waals surface area contributed by atoms with Crippen molar-refractivity contribution in [2.45, 2.75) is 27.3 Å². The molecule has 0 atom stereocenters. The summed E-state index contributed by atoms with van der Waals surface area (Å²) in [6, 6.07) is 5.85. The van der Waals surface area contributed by atoms with Gasteiger partial charge >= 0.3 is 0 Å². The summed E-state index contributed by atoms with van der Waals surface area (Å²) in [5, 5.41) is 8.43. The SMILES string of the molecule is CCNCc1ccc(Cl)cc1-n1nc(C)nc1C. The van der Waals surface area contributed by atoms with Gasteiger partial charge in [0, 0.05) is 11.6 Å². The number of nitrogens with one attached hydrogen (secondary N) is 1. The average molecular weight is 265 g/mol. The number of aromatic nitrogens is 3. The Morgan fingerprint density at radius 1 is 1.33 bits per heavy atom. The molecule has 2 aromatic rings. The molecule has 5 heteroatoms. The quantitative estimate of drug-likeness (QED) is 0.923. The van der Waals surface area contributed by atoms with Crippen molar-refractivity contribution in [3.05, 3.63) is 40.4 Å². The zero-order chi connectivity index (χ0) is 13.1. The van der Waals surface area contributed by atoms with Gasteiger partial charge in [-0.05, 0) is 38.1 Å². The summed E-state index contributed by atoms with van der Waals surface area (Å²) in [4.78, 5) is 4.33. The minimum atomic E-state index is 0.706. The number of halogens is 1. The standard InChI is InChI=1S/C13H17ClN4/c1-4-15-8-11-5-6-12(14)7-13(11)18-10(3)16-9(2)17-18/h5-7,15H,4,8H2,1-3H3. The van der Waals surface area contributed by atoms with Gasteiger partial charge in [0.05, 0.1) is 5.69 Å². The lowest BCUT2D eigenvalue weighted by atomic mass is 10.1. The zero-order valence-electron chi connectivity index (χ0n) is 10.9. The van der Waals surface area contributed by atoms with Crippen molar-refractivity contribution in [2.75, 3.05) is 6.54 Å². The summed E-state index contributed by atoms with van der Waals surface area (Å²) in [6.45, 7) is 7.63. The van der Waals surface area contributed by atoms with E-state index in [4.69, 9.17) is 11.6 Å². The Labute approximate surface area is 112 Å². The van der Waals surface area contributed by atoms with Crippen LogP contribution in [0, 0.1) is 13.8 Å². The Morgan fingerprint density at radius 2 is 2.11 bits per heavy atom. The van der Waals surface area contributed by atoms with Crippen LogP contribution >= 0.6 is 11.6 Å². The third kappa shape index (κ3) is 2.71. The lowest BCUT2D eigenvalue weighted by Gasteiger charge is -2.11. The highest BCUT2D eigenvalue weighted by Crippen LogP contribution is 2.20. The number of benzene rings is 1. The van der Waals surface area contributed by atoms with Crippen LogP contribution in [0.5, 0.6) is 0 Å². The minimum Gasteiger partial charge on any atom is -0.313 e. The first-order chi connectivity index (χ1) is 8.61. The van der Waals surface area contributed by atoms with Crippen LogP contribution in [-0.2, 0) is 6.54 Å². The van der Waals surface area contributed by atoms with E-state index < -0.39 is 0 Å². The van der Waals surface area contributed by atoms with E-state index in [1.807, 2.05) is 36.7 Å². The second-order valence-electron chi connectivity index (χ2n) is 4.17. The molecule has 1 N–H and O–H groups in total. The maximum Gasteiger partial charge on any atom is 0.148 e. The second kappa shape index (κ2) is 5.50. The molecule has 0 aliphatic heterocycles. The second-order valence-corrected chi connectivity index (χ2v) is 4.61. The molecule has 0 saturated carbocycles. The van der Waals surface area contributed by atoms with Crippen LogP contribution < -0.4 is 5.32 Å². The topological polar surface area (TPSA) is 42.7 Å². The first kappa shape index (κ1) is 13.1. The smallest absolute Gasteiger partial charge is 0.148 e. The molecule has 0 fully saturated rings. The summed E-state index contributed by atoms with van der Waals surface area (Å²) in [6.07, 6.45) is 0. The zero-order valence-corrected chi connectivity index (χ0v) is 11.6. The van der Waals surface area contributed by atoms with E-state index in [9.17, 15) is 0 Å². The molecule has 1 heterocycles. The molecule has 0 radical (unpaired) electrons. The first-order valence-electron chi connectivity index (χ1n) is 6.01. The first-order valence-corrected chi connectivity index (χ1v) is 6.39. The van der Waals surface area contributed by atoms with E-state index in [0.717, 1.165) is 36.0 Å². The molecule has 0 spiro atoms. The average Bonchev–Trinajstić information content (AvgIpc) is 2.67. The van der Waals surface area contributed by atoms with Crippen molar-refractivity contribution >= 4 is 11.6 Å². The third-order valence-corrected chi connectivity index (χ3v) is 2.95. The molecule has 0 saturated heterocycles. The maximum absolute atomic E-state index is 6.08. The maximum atomic E-state index is 6.08. The van der Waals surface area contributed by atoms with Crippen LogP contribution in [0.25, 0.3) is 5.69 Å². The largest absolute Gasteiger partial charge is 0.313 e. The van der Waals surface area contributed by atoms with E-state index >= 15 is 0 Å². The molecule has 1 aromatic heterocycles. The van der Waals surface area contributed by atoms with Crippen molar-refractivity contribution in [3.8, 4) is 5.69 Å². The molecule has 96 valence electrons. The fourth-order valence-corrected chi connectivity index (χ4v) is 2.06. The molecule has 0 aliphatic carbocycles. The van der Waals surface area contributed by atoms with E-state index in [-0.39, 0.29) is 0 Å². The normalized spacial score (nSPS) is 10.9. The highest BCUT2D eigenvalue weighted by atomic mass is 35.5. The Morgan fingerprint density at radius 3 is 2.72 bits per heavy atom. The van der Waals surface area contributed by atoms with Crippen molar-refractivity contribution in [3.63, 3.8) is 0 Å². The summed E-state index contributed by atoms with van der Waals surface area (Å²) in [5.74, 6) is 1.63. The van der Waals surface area contributed by atoms with E-state index in [1.54, 1.807) is 0 Å². The lowest BCUT2D eigenvalue weighted by molar-refractivity contribution is 0.713. The van der Waals surface area contributed by atoms with Gasteiger partial charge in [0.15, 0.2) is 0 Å². The van der Waals surface area contributed by atoms with Crippen LogP contribution in [0.3, 0.4) is 0 Å². The van der Waals surface area contributed by atoms with Crippen LogP contribution in [0.15, 0.2) is 18.2 Å². The molecule has 0 bridgehead atoms. The van der Waals surface area contributed by atoms with Crippen LogP contribution in [0.1, 0.15) is 24.1 Å². The van der Waals surface area contributed by atoms with Gasteiger partial charge in [-0.3, -0.25) is 0 Å². The van der Waals surface area contributed by atoms with Gasteiger partial charge in [-0.1, -0.05) is 24.6 Å². The number of nitrogens with zero attached hydrogens (tertiary/aromatic N) is 3. The van der Waals surface area contributed by atoms with Crippen LogP contribution in [0.2, 0.25) is 5.02 Å². The third-order valence-electron chi connectivity index (χ3n) is 2.72. The van der Waals surface area contributed by atoms with E-state index in [2.05, 4.69) is 22.3 Å². The Bertz CT molecular complexity index is 548. The summed E-state index contributed by atoms with van der Waals surface area (Å²) < 4.78 is 1.84. The molecule has 4 nitrogen and oxygen atoms in total. The van der Waals surface area contributed by atoms with Gasteiger partial charge in [0.2, 0.25) is 0 Å². The Kier molecular flexibility index (Phi) is 3.99. The summed E-state index contributed by atoms with van der Waals surface area (Å²) in [7, 11) is 0. The van der Waals surface area contributed by atoms with Crippen molar-refractivity contribution in [2.24, 2.45) is 0 Å². The monoisotopic (exact) mass is 264 g/mol. The van der Waals surface area contributed by atoms with Gasteiger partial charge in [-0.25, -0.2) is 9.67 Å². The van der Waals surface area contributed by atoms with Crippen molar-refractivity contribution in [1.82, 2.24) is 20.1 Å². The van der Waals surface area contributed by atoms with E-state index in [0.29, 0.717) is 5.02 Å². The molecule has 18 heavy (non-hydrogen) atoms. The van der Waals surface area contributed by atoms with Gasteiger partial charge in [0.25, 0.3) is 0 Å². The summed E-state index contributed by atoms with van der Waals surface area (Å²) >= 11 is 6.08. The van der Waals surface area contributed by atoms with Crippen molar-refractivity contribution < 1.29 is 0 Å². The number of hydrogen-bond donors (Lipinski definition) is 1. The lowest BCUT2D eigenvalue weighted by Crippen LogP contribution is -2.14. The Balaban J connectivity index is 2.47. The van der Waals surface area contributed by atoms with Gasteiger partial charge in [-0.15, -0.1) is 0 Å². The molecule has 0 amide bonds. The Hall–Kier alpha value is -1.39. The predicted octanol–water partition coefficient (Wildman–Crippen LogP) is 2.65. The van der Waals surface area contributed by atoms with Gasteiger partial charge in [-0.2, -0.15) is 5.10 Å². The number of rotatable bonds is 4. The minimum absolute atomic E-state index is 0.706. The van der Waals surface area contributed by atoms with Crippen LogP contribution in [0.4, 0.5) is 0 Å². The number of aryl methyl sites for hydroxylation is 2. The van der Waals surface area contributed by atoms with E-state index in [1.165, 1.54) is 0 Å². The molecular weight excluding hydrogens is 248 g/mol. The predicted molar refractivity (Wildman–Crippen MR) is 73.2 cm³/mol. The highest BCUT2D eigenvalue weighted by molar-refractivity contribution is 6.30. The fourth-order valence-electron chi connectivity index (χ4n) is 1.89. The van der Waals surface area contributed by atoms with Crippen LogP contribution in [-0.4, -0.2) is 21.3 Å². The molecule has 0 unspecified atom stereocenters. The molecule has 0 aliphatic rings. The molecular formula is C13H17ClN4. The number of hydrogen-bond acceptors (Lipinski definition) is 3. The van der Waals surface area contributed by atoms with Gasteiger partial charge in [0.1, 0.15) is 11.6 Å². The van der Waals surface area contributed by atoms with Crippen molar-refractivity contribution in [1.29, 1.82) is 0 Å². The molecule has 1 aromatic carbocycles. The fraction of sp³-hybridized carbons (Fsp3) is 0.385. The van der Waals surface area contributed by atoms with Gasteiger partial charge < -0.3 is 5.32 Å². The summed E-state index contributed by atoms with van der Waals surface area (Å²) in [5.41, 5.74) is 2.15. The highest BCUT2D eigenvalue weighted by Gasteiger charge is 2.10.